The molecule has 1 aromatic rings. The van der Waals surface area contributed by atoms with Crippen LogP contribution in [0.4, 0.5) is 4.79 Å². The van der Waals surface area contributed by atoms with Gasteiger partial charge in [-0.15, -0.1) is 0 Å². The van der Waals surface area contributed by atoms with Crippen LogP contribution in [0.1, 0.15) is 31.9 Å². The zero-order chi connectivity index (χ0) is 14.4. The molecule has 0 aliphatic heterocycles. The summed E-state index contributed by atoms with van der Waals surface area (Å²) in [5.41, 5.74) is 0.853. The first-order chi connectivity index (χ1) is 8.93. The number of carbonyl (C=O) groups excluding carboxylic acids is 1. The first kappa shape index (κ1) is 15.3. The Labute approximate surface area is 117 Å². The third-order valence-corrected chi connectivity index (χ3v) is 2.94. The number of carbonyl (C=O) groups is 2. The molecule has 3 N–H and O–H groups in total. The monoisotopic (exact) mass is 284 g/mol. The highest BCUT2D eigenvalue weighted by Gasteiger charge is 2.18. The largest absolute Gasteiger partial charge is 0.480 e. The summed E-state index contributed by atoms with van der Waals surface area (Å²) in [7, 11) is 0. The van der Waals surface area contributed by atoms with E-state index in [1.54, 1.807) is 32.0 Å². The lowest BCUT2D eigenvalue weighted by atomic mass is 10.1. The molecule has 2 atom stereocenters. The maximum atomic E-state index is 11.7. The van der Waals surface area contributed by atoms with E-state index in [2.05, 4.69) is 10.6 Å². The number of benzene rings is 1. The standard InChI is InChI=1S/C13H17ClN2O3/c1-3-11(12(17)18)16-13(19)15-8(2)9-5-4-6-10(14)7-9/h4-8,11H,3H2,1-2H3,(H,17,18)(H2,15,16,19). The van der Waals surface area contributed by atoms with Crippen LogP contribution in [-0.4, -0.2) is 23.1 Å². The van der Waals surface area contributed by atoms with Crippen LogP contribution < -0.4 is 10.6 Å². The van der Waals surface area contributed by atoms with Crippen molar-refractivity contribution in [2.45, 2.75) is 32.4 Å². The molecule has 6 heteroatoms. The van der Waals surface area contributed by atoms with Gasteiger partial charge in [-0.1, -0.05) is 30.7 Å². The van der Waals surface area contributed by atoms with Crippen LogP contribution in [0.5, 0.6) is 0 Å². The zero-order valence-corrected chi connectivity index (χ0v) is 11.6. The first-order valence-corrected chi connectivity index (χ1v) is 6.37. The fourth-order valence-corrected chi connectivity index (χ4v) is 1.79. The van der Waals surface area contributed by atoms with Crippen LogP contribution in [0.3, 0.4) is 0 Å². The molecule has 104 valence electrons. The second-order valence-electron chi connectivity index (χ2n) is 4.19. The Bertz CT molecular complexity index is 465. The van der Waals surface area contributed by atoms with Crippen LogP contribution >= 0.6 is 11.6 Å². The molecular formula is C13H17ClN2O3. The number of urea groups is 1. The highest BCUT2D eigenvalue weighted by molar-refractivity contribution is 6.30. The normalized spacial score (nSPS) is 13.4. The lowest BCUT2D eigenvalue weighted by Gasteiger charge is -2.18. The summed E-state index contributed by atoms with van der Waals surface area (Å²) in [6, 6.07) is 5.47. The van der Waals surface area contributed by atoms with Gasteiger partial charge < -0.3 is 15.7 Å². The molecule has 0 radical (unpaired) electrons. The van der Waals surface area contributed by atoms with Gasteiger partial charge in [-0.25, -0.2) is 9.59 Å². The Morgan fingerprint density at radius 1 is 1.37 bits per heavy atom. The van der Waals surface area contributed by atoms with E-state index in [9.17, 15) is 9.59 Å². The minimum Gasteiger partial charge on any atom is -0.480 e. The summed E-state index contributed by atoms with van der Waals surface area (Å²) in [6.07, 6.45) is 0.328. The van der Waals surface area contributed by atoms with Crippen molar-refractivity contribution >= 4 is 23.6 Å². The number of carboxylic acid groups (broad SMARTS) is 1. The number of rotatable bonds is 5. The smallest absolute Gasteiger partial charge is 0.326 e. The molecule has 0 aliphatic carbocycles. The highest BCUT2D eigenvalue weighted by Crippen LogP contribution is 2.17. The summed E-state index contributed by atoms with van der Waals surface area (Å²) in [4.78, 5) is 22.5. The molecule has 0 fully saturated rings. The van der Waals surface area contributed by atoms with E-state index in [1.165, 1.54) is 0 Å². The molecular weight excluding hydrogens is 268 g/mol. The fraction of sp³-hybridized carbons (Fsp3) is 0.385. The zero-order valence-electron chi connectivity index (χ0n) is 10.8. The van der Waals surface area contributed by atoms with Crippen molar-refractivity contribution in [3.8, 4) is 0 Å². The second-order valence-corrected chi connectivity index (χ2v) is 4.63. The molecule has 0 saturated heterocycles. The van der Waals surface area contributed by atoms with Gasteiger partial charge in [0.2, 0.25) is 0 Å². The van der Waals surface area contributed by atoms with Gasteiger partial charge in [0.05, 0.1) is 6.04 Å². The van der Waals surface area contributed by atoms with Crippen molar-refractivity contribution < 1.29 is 14.7 Å². The Kier molecular flexibility index (Phi) is 5.63. The number of halogens is 1. The van der Waals surface area contributed by atoms with Crippen LogP contribution in [-0.2, 0) is 4.79 Å². The fourth-order valence-electron chi connectivity index (χ4n) is 1.59. The minimum absolute atomic E-state index is 0.259. The summed E-state index contributed by atoms with van der Waals surface area (Å²) in [6.45, 7) is 3.49. The van der Waals surface area contributed by atoms with Gasteiger partial charge in [0.15, 0.2) is 0 Å². The summed E-state index contributed by atoms with van der Waals surface area (Å²) >= 11 is 5.87. The molecule has 1 aromatic carbocycles. The maximum absolute atomic E-state index is 11.7. The van der Waals surface area contributed by atoms with Crippen molar-refractivity contribution in [2.24, 2.45) is 0 Å². The maximum Gasteiger partial charge on any atom is 0.326 e. The summed E-state index contributed by atoms with van der Waals surface area (Å²) in [5, 5.41) is 14.5. The molecule has 2 unspecified atom stereocenters. The molecule has 5 nitrogen and oxygen atoms in total. The number of hydrogen-bond acceptors (Lipinski definition) is 2. The molecule has 0 saturated carbocycles. The number of amides is 2. The average molecular weight is 285 g/mol. The van der Waals surface area contributed by atoms with Gasteiger partial charge in [0.1, 0.15) is 6.04 Å². The molecule has 19 heavy (non-hydrogen) atoms. The Hall–Kier alpha value is -1.75. The Morgan fingerprint density at radius 3 is 2.58 bits per heavy atom. The van der Waals surface area contributed by atoms with E-state index >= 15 is 0 Å². The third kappa shape index (κ3) is 4.79. The Morgan fingerprint density at radius 2 is 2.05 bits per heavy atom. The van der Waals surface area contributed by atoms with Gasteiger partial charge in [-0.2, -0.15) is 0 Å². The highest BCUT2D eigenvalue weighted by atomic mass is 35.5. The van der Waals surface area contributed by atoms with Crippen LogP contribution in [0.25, 0.3) is 0 Å². The lowest BCUT2D eigenvalue weighted by molar-refractivity contribution is -0.139. The molecule has 1 rings (SSSR count). The molecule has 0 bridgehead atoms. The molecule has 2 amide bonds. The summed E-state index contributed by atoms with van der Waals surface area (Å²) < 4.78 is 0. The van der Waals surface area contributed by atoms with Gasteiger partial charge in [0, 0.05) is 5.02 Å². The van der Waals surface area contributed by atoms with Crippen LogP contribution in [0.15, 0.2) is 24.3 Å². The van der Waals surface area contributed by atoms with Gasteiger partial charge >= 0.3 is 12.0 Å². The topological polar surface area (TPSA) is 78.4 Å². The van der Waals surface area contributed by atoms with Gasteiger partial charge in [-0.3, -0.25) is 0 Å². The molecule has 0 aliphatic rings. The molecule has 0 aromatic heterocycles. The number of hydrogen-bond donors (Lipinski definition) is 3. The van der Waals surface area contributed by atoms with Gasteiger partial charge in [0.25, 0.3) is 0 Å². The van der Waals surface area contributed by atoms with Crippen molar-refractivity contribution in [1.82, 2.24) is 10.6 Å². The molecule has 0 heterocycles. The summed E-state index contributed by atoms with van der Waals surface area (Å²) in [5.74, 6) is -1.05. The molecule has 0 spiro atoms. The van der Waals surface area contributed by atoms with Crippen molar-refractivity contribution in [1.29, 1.82) is 0 Å². The van der Waals surface area contributed by atoms with E-state index in [1.807, 2.05) is 6.07 Å². The van der Waals surface area contributed by atoms with Crippen LogP contribution in [0.2, 0.25) is 5.02 Å². The quantitative estimate of drug-likeness (QED) is 0.777. The van der Waals surface area contributed by atoms with Crippen molar-refractivity contribution in [3.63, 3.8) is 0 Å². The minimum atomic E-state index is -1.05. The third-order valence-electron chi connectivity index (χ3n) is 2.71. The van der Waals surface area contributed by atoms with Crippen molar-refractivity contribution in [2.75, 3.05) is 0 Å². The lowest BCUT2D eigenvalue weighted by Crippen LogP contribution is -2.46. The second kappa shape index (κ2) is 6.99. The number of carboxylic acids is 1. The van der Waals surface area contributed by atoms with E-state index in [-0.39, 0.29) is 6.04 Å². The average Bonchev–Trinajstić information content (AvgIpc) is 2.35. The number of nitrogens with one attached hydrogen (secondary N) is 2. The first-order valence-electron chi connectivity index (χ1n) is 5.99. The van der Waals surface area contributed by atoms with E-state index in [0.717, 1.165) is 5.56 Å². The number of aliphatic carboxylic acids is 1. The van der Waals surface area contributed by atoms with E-state index in [0.29, 0.717) is 11.4 Å². The van der Waals surface area contributed by atoms with Crippen LogP contribution in [0, 0.1) is 0 Å². The van der Waals surface area contributed by atoms with E-state index < -0.39 is 18.0 Å². The predicted octanol–water partition coefficient (Wildman–Crippen LogP) is 2.56. The van der Waals surface area contributed by atoms with Gasteiger partial charge in [-0.05, 0) is 31.0 Å². The predicted molar refractivity (Wildman–Crippen MR) is 73.2 cm³/mol. The van der Waals surface area contributed by atoms with E-state index in [4.69, 9.17) is 16.7 Å². The SMILES string of the molecule is CCC(NC(=O)NC(C)c1cccc(Cl)c1)C(=O)O. The Balaban J connectivity index is 2.59. The van der Waals surface area contributed by atoms with Crippen molar-refractivity contribution in [3.05, 3.63) is 34.9 Å².